The molecule has 0 aliphatic carbocycles. The summed E-state index contributed by atoms with van der Waals surface area (Å²) in [6, 6.07) is 3.34. The maximum atomic E-state index is 11.2. The zero-order valence-electron chi connectivity index (χ0n) is 9.56. The molecule has 0 aliphatic rings. The Balaban J connectivity index is 2.10. The highest BCUT2D eigenvalue weighted by Gasteiger charge is 2.06. The molecule has 2 aromatic rings. The van der Waals surface area contributed by atoms with E-state index in [-0.39, 0.29) is 5.56 Å². The van der Waals surface area contributed by atoms with Gasteiger partial charge in [-0.05, 0) is 12.5 Å². The molecule has 2 rings (SSSR count). The Hall–Kier alpha value is -1.69. The molecule has 2 heterocycles. The minimum atomic E-state index is -0.127. The Bertz CT molecular complexity index is 534. The minimum Gasteiger partial charge on any atom is -0.360 e. The van der Waals surface area contributed by atoms with Crippen LogP contribution in [0.25, 0.3) is 10.6 Å². The third-order valence-electron chi connectivity index (χ3n) is 2.25. The van der Waals surface area contributed by atoms with Crippen LogP contribution >= 0.6 is 11.3 Å². The minimum absolute atomic E-state index is 0.127. The van der Waals surface area contributed by atoms with Gasteiger partial charge in [0, 0.05) is 24.4 Å². The highest BCUT2D eigenvalue weighted by molar-refractivity contribution is 7.18. The van der Waals surface area contributed by atoms with Crippen molar-refractivity contribution in [1.29, 1.82) is 0 Å². The molecule has 0 saturated carbocycles. The molecule has 5 nitrogen and oxygen atoms in total. The zero-order chi connectivity index (χ0) is 12.1. The van der Waals surface area contributed by atoms with Crippen molar-refractivity contribution in [3.05, 3.63) is 28.7 Å². The molecule has 0 radical (unpaired) electrons. The Morgan fingerprint density at radius 2 is 2.35 bits per heavy atom. The second-order valence-corrected chi connectivity index (χ2v) is 4.61. The molecule has 0 aromatic carbocycles. The lowest BCUT2D eigenvalue weighted by Gasteiger charge is -1.97. The topological polar surface area (TPSA) is 70.7 Å². The van der Waals surface area contributed by atoms with Gasteiger partial charge in [0.25, 0.3) is 0 Å². The third kappa shape index (κ3) is 3.13. The van der Waals surface area contributed by atoms with E-state index in [9.17, 15) is 4.79 Å². The quantitative estimate of drug-likeness (QED) is 0.797. The number of aromatic nitrogens is 3. The molecule has 0 unspecified atom stereocenters. The molecular formula is C11H14N4OS. The SMILES string of the molecule is CCCCNc1nnc(-c2cc[nH]c(=O)c2)s1. The summed E-state index contributed by atoms with van der Waals surface area (Å²) in [5, 5.41) is 12.9. The Morgan fingerprint density at radius 3 is 3.12 bits per heavy atom. The molecule has 17 heavy (non-hydrogen) atoms. The highest BCUT2D eigenvalue weighted by Crippen LogP contribution is 2.24. The number of H-pyrrole nitrogens is 1. The van der Waals surface area contributed by atoms with Crippen molar-refractivity contribution < 1.29 is 0 Å². The van der Waals surface area contributed by atoms with Crippen LogP contribution in [0.3, 0.4) is 0 Å². The lowest BCUT2D eigenvalue weighted by molar-refractivity contribution is 0.831. The molecule has 0 fully saturated rings. The summed E-state index contributed by atoms with van der Waals surface area (Å²) in [5.74, 6) is 0. The van der Waals surface area contributed by atoms with E-state index in [0.29, 0.717) is 0 Å². The molecule has 0 saturated heterocycles. The van der Waals surface area contributed by atoms with E-state index < -0.39 is 0 Å². The van der Waals surface area contributed by atoms with E-state index in [1.54, 1.807) is 6.20 Å². The van der Waals surface area contributed by atoms with E-state index in [2.05, 4.69) is 27.4 Å². The number of aromatic amines is 1. The molecule has 0 bridgehead atoms. The predicted molar refractivity (Wildman–Crippen MR) is 69.4 cm³/mol. The van der Waals surface area contributed by atoms with E-state index in [0.717, 1.165) is 35.1 Å². The zero-order valence-corrected chi connectivity index (χ0v) is 10.4. The van der Waals surface area contributed by atoms with Crippen molar-refractivity contribution in [3.8, 4) is 10.6 Å². The average Bonchev–Trinajstić information content (AvgIpc) is 2.78. The van der Waals surface area contributed by atoms with E-state index in [1.807, 2.05) is 6.07 Å². The number of unbranched alkanes of at least 4 members (excludes halogenated alkanes) is 1. The molecule has 0 spiro atoms. The van der Waals surface area contributed by atoms with Gasteiger partial charge in [0.15, 0.2) is 0 Å². The van der Waals surface area contributed by atoms with Gasteiger partial charge >= 0.3 is 0 Å². The summed E-state index contributed by atoms with van der Waals surface area (Å²) < 4.78 is 0. The molecule has 2 aromatic heterocycles. The second-order valence-electron chi connectivity index (χ2n) is 3.63. The molecule has 0 aliphatic heterocycles. The Labute approximate surface area is 103 Å². The van der Waals surface area contributed by atoms with Crippen molar-refractivity contribution in [2.75, 3.05) is 11.9 Å². The summed E-state index contributed by atoms with van der Waals surface area (Å²) in [4.78, 5) is 13.7. The van der Waals surface area contributed by atoms with Crippen LogP contribution in [0.2, 0.25) is 0 Å². The standard InChI is InChI=1S/C11H14N4OS/c1-2-3-5-13-11-15-14-10(17-11)8-4-6-12-9(16)7-8/h4,6-7H,2-3,5H2,1H3,(H,12,16)(H,13,15). The fourth-order valence-electron chi connectivity index (χ4n) is 1.36. The maximum absolute atomic E-state index is 11.2. The van der Waals surface area contributed by atoms with E-state index >= 15 is 0 Å². The lowest BCUT2D eigenvalue weighted by Crippen LogP contribution is -2.01. The van der Waals surface area contributed by atoms with Gasteiger partial charge < -0.3 is 10.3 Å². The molecule has 0 atom stereocenters. The van der Waals surface area contributed by atoms with Crippen LogP contribution in [-0.4, -0.2) is 21.7 Å². The fourth-order valence-corrected chi connectivity index (χ4v) is 2.13. The van der Waals surface area contributed by atoms with Crippen molar-refractivity contribution in [1.82, 2.24) is 15.2 Å². The van der Waals surface area contributed by atoms with Gasteiger partial charge in [-0.3, -0.25) is 4.79 Å². The van der Waals surface area contributed by atoms with Gasteiger partial charge in [0.1, 0.15) is 5.01 Å². The summed E-state index contributed by atoms with van der Waals surface area (Å²) in [6.45, 7) is 3.05. The number of anilines is 1. The van der Waals surface area contributed by atoms with Crippen molar-refractivity contribution in [3.63, 3.8) is 0 Å². The van der Waals surface area contributed by atoms with Gasteiger partial charge in [-0.1, -0.05) is 24.7 Å². The lowest BCUT2D eigenvalue weighted by atomic mass is 10.3. The maximum Gasteiger partial charge on any atom is 0.248 e. The second kappa shape index (κ2) is 5.58. The van der Waals surface area contributed by atoms with Crippen LogP contribution < -0.4 is 10.9 Å². The Morgan fingerprint density at radius 1 is 1.47 bits per heavy atom. The number of nitrogens with one attached hydrogen (secondary N) is 2. The third-order valence-corrected chi connectivity index (χ3v) is 3.18. The number of rotatable bonds is 5. The number of hydrogen-bond donors (Lipinski definition) is 2. The molecule has 90 valence electrons. The van der Waals surface area contributed by atoms with Gasteiger partial charge in [-0.25, -0.2) is 0 Å². The monoisotopic (exact) mass is 250 g/mol. The largest absolute Gasteiger partial charge is 0.360 e. The van der Waals surface area contributed by atoms with Crippen molar-refractivity contribution in [2.24, 2.45) is 0 Å². The first-order chi connectivity index (χ1) is 8.29. The first-order valence-corrected chi connectivity index (χ1v) is 6.37. The van der Waals surface area contributed by atoms with Gasteiger partial charge in [-0.15, -0.1) is 10.2 Å². The Kier molecular flexibility index (Phi) is 3.87. The number of hydrogen-bond acceptors (Lipinski definition) is 5. The molecule has 6 heteroatoms. The summed E-state index contributed by atoms with van der Waals surface area (Å²) in [6.07, 6.45) is 3.87. The van der Waals surface area contributed by atoms with E-state index in [4.69, 9.17) is 0 Å². The highest BCUT2D eigenvalue weighted by atomic mass is 32.1. The predicted octanol–water partition coefficient (Wildman–Crippen LogP) is 2.11. The van der Waals surface area contributed by atoms with Crippen LogP contribution in [0.4, 0.5) is 5.13 Å². The van der Waals surface area contributed by atoms with Crippen LogP contribution in [0, 0.1) is 0 Å². The van der Waals surface area contributed by atoms with Gasteiger partial charge in [0.2, 0.25) is 10.7 Å². The summed E-state index contributed by atoms with van der Waals surface area (Å²) in [7, 11) is 0. The molecule has 0 amide bonds. The first kappa shape index (κ1) is 11.8. The van der Waals surface area contributed by atoms with Crippen molar-refractivity contribution >= 4 is 16.5 Å². The molecule has 2 N–H and O–H groups in total. The van der Waals surface area contributed by atoms with Crippen LogP contribution in [0.5, 0.6) is 0 Å². The summed E-state index contributed by atoms with van der Waals surface area (Å²) >= 11 is 1.46. The molecular weight excluding hydrogens is 236 g/mol. The normalized spacial score (nSPS) is 10.4. The van der Waals surface area contributed by atoms with Crippen LogP contribution in [0.15, 0.2) is 23.1 Å². The number of pyridine rings is 1. The smallest absolute Gasteiger partial charge is 0.248 e. The van der Waals surface area contributed by atoms with Gasteiger partial charge in [0.05, 0.1) is 0 Å². The van der Waals surface area contributed by atoms with Crippen LogP contribution in [-0.2, 0) is 0 Å². The first-order valence-electron chi connectivity index (χ1n) is 5.56. The average molecular weight is 250 g/mol. The fraction of sp³-hybridized carbons (Fsp3) is 0.364. The number of nitrogens with zero attached hydrogens (tertiary/aromatic N) is 2. The van der Waals surface area contributed by atoms with Crippen molar-refractivity contribution in [2.45, 2.75) is 19.8 Å². The van der Waals surface area contributed by atoms with Gasteiger partial charge in [-0.2, -0.15) is 0 Å². The van der Waals surface area contributed by atoms with Crippen LogP contribution in [0.1, 0.15) is 19.8 Å². The van der Waals surface area contributed by atoms with E-state index in [1.165, 1.54) is 17.4 Å². The summed E-state index contributed by atoms with van der Waals surface area (Å²) in [5.41, 5.74) is 0.674.